The number of nitrogen functional groups attached to an aromatic ring is 1. The van der Waals surface area contributed by atoms with E-state index in [1.807, 2.05) is 4.90 Å². The average molecular weight is 405 g/mol. The van der Waals surface area contributed by atoms with Crippen LogP contribution in [-0.2, 0) is 11.3 Å². The number of piperidine rings is 1. The van der Waals surface area contributed by atoms with Gasteiger partial charge in [-0.3, -0.25) is 4.55 Å². The zero-order valence-electron chi connectivity index (χ0n) is 13.2. The van der Waals surface area contributed by atoms with Crippen molar-refractivity contribution in [3.63, 3.8) is 0 Å². The molecule has 136 valence electrons. The average Bonchev–Trinajstić information content (AvgIpc) is 2.98. The van der Waals surface area contributed by atoms with Gasteiger partial charge in [-0.1, -0.05) is 23.2 Å². The van der Waals surface area contributed by atoms with Gasteiger partial charge < -0.3 is 10.6 Å². The molecule has 0 bridgehead atoms. The molecule has 1 aromatic heterocycles. The number of nitrogens with zero attached hydrogens (tertiary/aromatic N) is 3. The van der Waals surface area contributed by atoms with Crippen LogP contribution in [0, 0.1) is 5.92 Å². The Labute approximate surface area is 157 Å². The quantitative estimate of drug-likeness (QED) is 0.567. The van der Waals surface area contributed by atoms with Gasteiger partial charge in [-0.2, -0.15) is 4.98 Å². The van der Waals surface area contributed by atoms with Gasteiger partial charge in [0.05, 0.1) is 0 Å². The molecule has 3 rings (SSSR count). The number of nitrogens with two attached hydrogens (primary N) is 1. The maximum absolute atomic E-state index is 11.4. The number of hydrogen-bond acceptors (Lipinski definition) is 5. The highest BCUT2D eigenvalue weighted by molar-refractivity contribution is 7.77. The van der Waals surface area contributed by atoms with E-state index < -0.39 is 11.3 Å². The second kappa shape index (κ2) is 7.88. The molecular weight excluding hydrogens is 387 g/mol. The normalized spacial score (nSPS) is 18.3. The minimum Gasteiger partial charge on any atom is -0.368 e. The van der Waals surface area contributed by atoms with Gasteiger partial charge in [-0.25, -0.2) is 14.0 Å². The zero-order valence-corrected chi connectivity index (χ0v) is 15.5. The molecule has 2 atom stereocenters. The van der Waals surface area contributed by atoms with Crippen LogP contribution in [0.2, 0.25) is 10.0 Å². The van der Waals surface area contributed by atoms with Crippen LogP contribution in [0.3, 0.4) is 0 Å². The Hall–Kier alpha value is -1.39. The summed E-state index contributed by atoms with van der Waals surface area (Å²) >= 11 is 10.0. The first-order chi connectivity index (χ1) is 11.9. The lowest BCUT2D eigenvalue weighted by Gasteiger charge is -2.35. The van der Waals surface area contributed by atoms with E-state index in [0.29, 0.717) is 29.1 Å². The van der Waals surface area contributed by atoms with Crippen LogP contribution in [-0.4, -0.2) is 37.0 Å². The number of H-pyrrole nitrogens is 1. The van der Waals surface area contributed by atoms with Gasteiger partial charge in [0, 0.05) is 29.2 Å². The lowest BCUT2D eigenvalue weighted by atomic mass is 9.86. The summed E-state index contributed by atoms with van der Waals surface area (Å²) in [6, 6.07) is 4.83. The van der Waals surface area contributed by atoms with Crippen molar-refractivity contribution >= 4 is 46.4 Å². The number of anilines is 2. The van der Waals surface area contributed by atoms with E-state index in [2.05, 4.69) is 19.9 Å². The second-order valence-corrected chi connectivity index (χ2v) is 7.50. The SMILES string of the molecule is Nc1nc(N2CCC(C(NS(=O)O)c3cc(Cl)cc(Cl)c3)CC2)n[nH]1. The fraction of sp³-hybridized carbons (Fsp3) is 0.429. The molecular formula is C14H18Cl2N6O2S. The summed E-state index contributed by atoms with van der Waals surface area (Å²) in [5.41, 5.74) is 6.36. The van der Waals surface area contributed by atoms with E-state index in [9.17, 15) is 8.76 Å². The third-order valence-electron chi connectivity index (χ3n) is 4.26. The molecule has 0 spiro atoms. The number of benzene rings is 1. The number of aromatic amines is 1. The molecule has 8 nitrogen and oxygen atoms in total. The Morgan fingerprint density at radius 1 is 1.32 bits per heavy atom. The van der Waals surface area contributed by atoms with Crippen LogP contribution in [0.25, 0.3) is 0 Å². The number of nitrogens with one attached hydrogen (secondary N) is 2. The molecule has 0 saturated carbocycles. The summed E-state index contributed by atoms with van der Waals surface area (Å²) in [6.07, 6.45) is 1.57. The van der Waals surface area contributed by atoms with Gasteiger partial charge in [0.1, 0.15) is 0 Å². The topological polar surface area (TPSA) is 120 Å². The van der Waals surface area contributed by atoms with E-state index in [4.69, 9.17) is 28.9 Å². The molecule has 11 heteroatoms. The van der Waals surface area contributed by atoms with Crippen LogP contribution in [0.15, 0.2) is 18.2 Å². The molecule has 1 fully saturated rings. The monoisotopic (exact) mass is 404 g/mol. The zero-order chi connectivity index (χ0) is 18.0. The molecule has 25 heavy (non-hydrogen) atoms. The molecule has 1 aliphatic rings. The molecule has 2 aromatic rings. The highest BCUT2D eigenvalue weighted by atomic mass is 35.5. The summed E-state index contributed by atoms with van der Waals surface area (Å²) in [5, 5.41) is 7.67. The third kappa shape index (κ3) is 4.62. The summed E-state index contributed by atoms with van der Waals surface area (Å²) in [6.45, 7) is 1.43. The summed E-state index contributed by atoms with van der Waals surface area (Å²) in [7, 11) is 0. The van der Waals surface area contributed by atoms with Crippen LogP contribution in [0.1, 0.15) is 24.4 Å². The van der Waals surface area contributed by atoms with Crippen molar-refractivity contribution in [3.05, 3.63) is 33.8 Å². The summed E-state index contributed by atoms with van der Waals surface area (Å²) < 4.78 is 23.4. The minimum absolute atomic E-state index is 0.137. The Bertz CT molecular complexity index is 745. The van der Waals surface area contributed by atoms with Crippen molar-refractivity contribution in [2.24, 2.45) is 5.92 Å². The number of aromatic nitrogens is 3. The molecule has 0 amide bonds. The Morgan fingerprint density at radius 3 is 2.48 bits per heavy atom. The number of hydrogen-bond donors (Lipinski definition) is 4. The van der Waals surface area contributed by atoms with E-state index >= 15 is 0 Å². The fourth-order valence-electron chi connectivity index (χ4n) is 3.14. The van der Waals surface area contributed by atoms with Crippen molar-refractivity contribution < 1.29 is 8.76 Å². The van der Waals surface area contributed by atoms with Gasteiger partial charge in [0.25, 0.3) is 0 Å². The van der Waals surface area contributed by atoms with Gasteiger partial charge in [-0.05, 0) is 42.5 Å². The number of rotatable bonds is 5. The third-order valence-corrected chi connectivity index (χ3v) is 5.15. The summed E-state index contributed by atoms with van der Waals surface area (Å²) in [5.74, 6) is 0.982. The maximum Gasteiger partial charge on any atom is 0.246 e. The van der Waals surface area contributed by atoms with Crippen molar-refractivity contribution in [1.29, 1.82) is 0 Å². The van der Waals surface area contributed by atoms with Crippen molar-refractivity contribution in [1.82, 2.24) is 19.9 Å². The molecule has 1 aliphatic heterocycles. The fourth-order valence-corrected chi connectivity index (χ4v) is 4.23. The van der Waals surface area contributed by atoms with Crippen LogP contribution < -0.4 is 15.4 Å². The van der Waals surface area contributed by atoms with Crippen molar-refractivity contribution in [3.8, 4) is 0 Å². The van der Waals surface area contributed by atoms with Gasteiger partial charge in [0.2, 0.25) is 23.2 Å². The van der Waals surface area contributed by atoms with Crippen molar-refractivity contribution in [2.75, 3.05) is 23.7 Å². The first-order valence-corrected chi connectivity index (χ1v) is 9.54. The summed E-state index contributed by atoms with van der Waals surface area (Å²) in [4.78, 5) is 6.16. The van der Waals surface area contributed by atoms with Gasteiger partial charge >= 0.3 is 0 Å². The van der Waals surface area contributed by atoms with Gasteiger partial charge in [-0.15, -0.1) is 5.10 Å². The lowest BCUT2D eigenvalue weighted by Crippen LogP contribution is -2.40. The molecule has 2 heterocycles. The first kappa shape index (κ1) is 18.4. The van der Waals surface area contributed by atoms with Crippen LogP contribution in [0.5, 0.6) is 0 Å². The number of halogens is 2. The Morgan fingerprint density at radius 2 is 1.96 bits per heavy atom. The van der Waals surface area contributed by atoms with E-state index in [0.717, 1.165) is 18.4 Å². The molecule has 0 radical (unpaired) electrons. The van der Waals surface area contributed by atoms with E-state index in [-0.39, 0.29) is 17.9 Å². The predicted octanol–water partition coefficient (Wildman–Crippen LogP) is 2.38. The Balaban J connectivity index is 1.75. The largest absolute Gasteiger partial charge is 0.368 e. The molecule has 0 aliphatic carbocycles. The predicted molar refractivity (Wildman–Crippen MR) is 98.8 cm³/mol. The molecule has 1 saturated heterocycles. The van der Waals surface area contributed by atoms with Crippen LogP contribution >= 0.6 is 23.2 Å². The smallest absolute Gasteiger partial charge is 0.246 e. The van der Waals surface area contributed by atoms with E-state index in [1.54, 1.807) is 18.2 Å². The van der Waals surface area contributed by atoms with Gasteiger partial charge in [0.15, 0.2) is 0 Å². The Kier molecular flexibility index (Phi) is 5.80. The van der Waals surface area contributed by atoms with E-state index in [1.165, 1.54) is 0 Å². The first-order valence-electron chi connectivity index (χ1n) is 7.68. The highest BCUT2D eigenvalue weighted by Crippen LogP contribution is 2.34. The highest BCUT2D eigenvalue weighted by Gasteiger charge is 2.30. The molecule has 5 N–H and O–H groups in total. The second-order valence-electron chi connectivity index (χ2n) is 5.89. The van der Waals surface area contributed by atoms with Crippen molar-refractivity contribution in [2.45, 2.75) is 18.9 Å². The molecule has 2 unspecified atom stereocenters. The standard InChI is InChI=1S/C14H18Cl2N6O2S/c15-10-5-9(6-11(16)7-10)12(21-25(23)24)8-1-3-22(4-2-8)14-18-13(17)19-20-14/h5-8,12,21H,1-4H2,(H,23,24)(H3,17,18,19,20). The van der Waals surface area contributed by atoms with Crippen LogP contribution in [0.4, 0.5) is 11.9 Å². The molecule has 1 aromatic carbocycles. The maximum atomic E-state index is 11.4. The minimum atomic E-state index is -2.15. The lowest BCUT2D eigenvalue weighted by molar-refractivity contribution is 0.324.